The van der Waals surface area contributed by atoms with Crippen LogP contribution in [0, 0.1) is 27.7 Å². The molecule has 0 bridgehead atoms. The van der Waals surface area contributed by atoms with Crippen LogP contribution in [0.15, 0.2) is 24.3 Å². The topological polar surface area (TPSA) is 107 Å². The first-order chi connectivity index (χ1) is 14.2. The Bertz CT molecular complexity index is 1110. The van der Waals surface area contributed by atoms with Gasteiger partial charge in [0.25, 0.3) is 11.8 Å². The lowest BCUT2D eigenvalue weighted by molar-refractivity contribution is -0.131. The molecule has 0 aliphatic rings. The van der Waals surface area contributed by atoms with Crippen LogP contribution < -0.4 is 20.3 Å². The number of hydrogen-bond donors (Lipinski definition) is 2. The number of pyridine rings is 1. The number of aromatic nitrogens is 3. The summed E-state index contributed by atoms with van der Waals surface area (Å²) >= 11 is 0. The molecule has 2 aromatic heterocycles. The highest BCUT2D eigenvalue weighted by atomic mass is 16.5. The molecule has 0 spiro atoms. The molecule has 9 heteroatoms. The molecule has 0 fully saturated rings. The van der Waals surface area contributed by atoms with Gasteiger partial charge in [0.1, 0.15) is 5.75 Å². The van der Waals surface area contributed by atoms with Crippen molar-refractivity contribution in [2.75, 3.05) is 13.2 Å². The molecule has 30 heavy (non-hydrogen) atoms. The Morgan fingerprint density at radius 2 is 1.63 bits per heavy atom. The predicted octanol–water partition coefficient (Wildman–Crippen LogP) is 1.81. The number of fused-ring (bicyclic) bond motifs is 1. The number of hydrogen-bond acceptors (Lipinski definition) is 6. The van der Waals surface area contributed by atoms with E-state index in [1.807, 2.05) is 52.0 Å². The zero-order valence-electron chi connectivity index (χ0n) is 17.7. The average Bonchev–Trinajstić information content (AvgIpc) is 3.01. The van der Waals surface area contributed by atoms with E-state index in [1.165, 1.54) is 0 Å². The fourth-order valence-corrected chi connectivity index (χ4v) is 3.00. The number of carbonyl (C=O) groups is 2. The van der Waals surface area contributed by atoms with Crippen LogP contribution in [0.1, 0.15) is 22.4 Å². The third kappa shape index (κ3) is 4.86. The molecule has 2 N–H and O–H groups in total. The Kier molecular flexibility index (Phi) is 6.20. The Hall–Kier alpha value is -3.62. The van der Waals surface area contributed by atoms with E-state index < -0.39 is 11.8 Å². The molecule has 0 aliphatic heterocycles. The van der Waals surface area contributed by atoms with Crippen molar-refractivity contribution in [2.45, 2.75) is 27.7 Å². The smallest absolute Gasteiger partial charge is 0.276 e. The minimum atomic E-state index is -0.522. The largest absolute Gasteiger partial charge is 0.483 e. The zero-order valence-corrected chi connectivity index (χ0v) is 17.7. The maximum Gasteiger partial charge on any atom is 0.276 e. The molecule has 0 aliphatic carbocycles. The minimum absolute atomic E-state index is 0.222. The first-order valence-corrected chi connectivity index (χ1v) is 9.46. The van der Waals surface area contributed by atoms with Crippen molar-refractivity contribution in [3.8, 4) is 11.6 Å². The highest BCUT2D eigenvalue weighted by Gasteiger charge is 2.16. The molecule has 0 saturated heterocycles. The number of hydrazine groups is 1. The van der Waals surface area contributed by atoms with E-state index >= 15 is 0 Å². The lowest BCUT2D eigenvalue weighted by Crippen LogP contribution is -2.45. The molecule has 158 valence electrons. The Balaban J connectivity index is 1.50. The van der Waals surface area contributed by atoms with Crippen LogP contribution in [0.2, 0.25) is 0 Å². The molecule has 3 rings (SSSR count). The molecular formula is C21H25N5O4. The van der Waals surface area contributed by atoms with Gasteiger partial charge >= 0.3 is 0 Å². The van der Waals surface area contributed by atoms with Gasteiger partial charge in [-0.05, 0) is 56.5 Å². The molecule has 0 radical (unpaired) electrons. The van der Waals surface area contributed by atoms with Gasteiger partial charge in [-0.3, -0.25) is 20.4 Å². The molecule has 0 saturated carbocycles. The quantitative estimate of drug-likeness (QED) is 0.599. The van der Waals surface area contributed by atoms with Crippen LogP contribution in [-0.2, 0) is 16.6 Å². The van der Waals surface area contributed by atoms with E-state index in [9.17, 15) is 9.59 Å². The number of nitrogens with one attached hydrogen (secondary N) is 2. The molecular weight excluding hydrogens is 386 g/mol. The van der Waals surface area contributed by atoms with Crippen molar-refractivity contribution < 1.29 is 19.1 Å². The van der Waals surface area contributed by atoms with Crippen molar-refractivity contribution in [3.63, 3.8) is 0 Å². The normalized spacial score (nSPS) is 10.7. The third-order valence-electron chi connectivity index (χ3n) is 4.47. The van der Waals surface area contributed by atoms with Crippen LogP contribution in [0.5, 0.6) is 11.6 Å². The predicted molar refractivity (Wildman–Crippen MR) is 111 cm³/mol. The second-order valence-corrected chi connectivity index (χ2v) is 7.15. The first kappa shape index (κ1) is 21.1. The maximum atomic E-state index is 12.0. The summed E-state index contributed by atoms with van der Waals surface area (Å²) in [5.41, 5.74) is 9.07. The molecule has 9 nitrogen and oxygen atoms in total. The number of ether oxygens (including phenoxy) is 2. The molecule has 2 heterocycles. The first-order valence-electron chi connectivity index (χ1n) is 9.46. The van der Waals surface area contributed by atoms with E-state index in [2.05, 4.69) is 20.9 Å². The summed E-state index contributed by atoms with van der Waals surface area (Å²) in [5, 5.41) is 5.03. The Morgan fingerprint density at radius 1 is 0.967 bits per heavy atom. The van der Waals surface area contributed by atoms with E-state index in [0.29, 0.717) is 17.3 Å². The summed E-state index contributed by atoms with van der Waals surface area (Å²) < 4.78 is 12.7. The number of aryl methyl sites for hydroxylation is 5. The van der Waals surface area contributed by atoms with Gasteiger partial charge < -0.3 is 9.47 Å². The number of benzene rings is 1. The lowest BCUT2D eigenvalue weighted by Gasteiger charge is -2.11. The fourth-order valence-electron chi connectivity index (χ4n) is 3.00. The fraction of sp³-hybridized carbons (Fsp3) is 0.333. The van der Waals surface area contributed by atoms with Gasteiger partial charge in [-0.15, -0.1) is 5.10 Å². The van der Waals surface area contributed by atoms with Gasteiger partial charge in [0, 0.05) is 12.7 Å². The Morgan fingerprint density at radius 3 is 2.33 bits per heavy atom. The van der Waals surface area contributed by atoms with Gasteiger partial charge in [-0.25, -0.2) is 9.67 Å². The van der Waals surface area contributed by atoms with Gasteiger partial charge in [-0.2, -0.15) is 0 Å². The van der Waals surface area contributed by atoms with E-state index in [-0.39, 0.29) is 13.2 Å². The van der Waals surface area contributed by atoms with E-state index in [4.69, 9.17) is 9.47 Å². The zero-order chi connectivity index (χ0) is 21.8. The second kappa shape index (κ2) is 8.81. The van der Waals surface area contributed by atoms with Crippen LogP contribution in [0.3, 0.4) is 0 Å². The minimum Gasteiger partial charge on any atom is -0.483 e. The second-order valence-electron chi connectivity index (χ2n) is 7.15. The molecule has 3 aromatic rings. The summed E-state index contributed by atoms with van der Waals surface area (Å²) in [6.45, 7) is 7.14. The summed E-state index contributed by atoms with van der Waals surface area (Å²) in [6.07, 6.45) is 0. The summed E-state index contributed by atoms with van der Waals surface area (Å²) in [6, 6.07) is 7.66. The van der Waals surface area contributed by atoms with E-state index in [0.717, 1.165) is 27.8 Å². The lowest BCUT2D eigenvalue weighted by atomic mass is 10.1. The molecule has 0 unspecified atom stereocenters. The van der Waals surface area contributed by atoms with Crippen LogP contribution >= 0.6 is 0 Å². The van der Waals surface area contributed by atoms with Gasteiger partial charge in [0.2, 0.25) is 5.88 Å². The standard InChI is InChI=1S/C21H25N5O4/c1-12-6-7-13(2)16(8-12)29-10-17(27)23-24-18(28)11-30-21-19-14(3)9-15(4)22-20(19)26(5)25-21/h6-9H,10-11H2,1-5H3,(H,23,27)(H,24,28). The van der Waals surface area contributed by atoms with Crippen molar-refractivity contribution in [3.05, 3.63) is 46.6 Å². The van der Waals surface area contributed by atoms with E-state index in [1.54, 1.807) is 11.7 Å². The van der Waals surface area contributed by atoms with Crippen LogP contribution in [0.4, 0.5) is 0 Å². The third-order valence-corrected chi connectivity index (χ3v) is 4.47. The van der Waals surface area contributed by atoms with Gasteiger partial charge in [-0.1, -0.05) is 12.1 Å². The number of nitrogens with zero attached hydrogens (tertiary/aromatic N) is 3. The van der Waals surface area contributed by atoms with Crippen molar-refractivity contribution in [1.82, 2.24) is 25.6 Å². The van der Waals surface area contributed by atoms with Gasteiger partial charge in [0.15, 0.2) is 18.9 Å². The van der Waals surface area contributed by atoms with Crippen molar-refractivity contribution in [1.29, 1.82) is 0 Å². The number of carbonyl (C=O) groups excluding carboxylic acids is 2. The summed E-state index contributed by atoms with van der Waals surface area (Å²) in [4.78, 5) is 28.4. The molecule has 1 aromatic carbocycles. The highest BCUT2D eigenvalue weighted by Crippen LogP contribution is 2.26. The van der Waals surface area contributed by atoms with Gasteiger partial charge in [0.05, 0.1) is 5.39 Å². The average molecular weight is 411 g/mol. The molecule has 0 atom stereocenters. The summed E-state index contributed by atoms with van der Waals surface area (Å²) in [5.74, 6) is -0.0621. The van der Waals surface area contributed by atoms with Crippen LogP contribution in [0.25, 0.3) is 11.0 Å². The van der Waals surface area contributed by atoms with Crippen molar-refractivity contribution >= 4 is 22.8 Å². The number of rotatable bonds is 6. The highest BCUT2D eigenvalue weighted by molar-refractivity contribution is 5.86. The van der Waals surface area contributed by atoms with Crippen molar-refractivity contribution in [2.24, 2.45) is 7.05 Å². The SMILES string of the molecule is Cc1ccc(C)c(OCC(=O)NNC(=O)COc2nn(C)c3nc(C)cc(C)c23)c1. The summed E-state index contributed by atoms with van der Waals surface area (Å²) in [7, 11) is 1.76. The maximum absolute atomic E-state index is 12.0. The molecule has 2 amide bonds. The monoisotopic (exact) mass is 411 g/mol. The van der Waals surface area contributed by atoms with Crippen LogP contribution in [-0.4, -0.2) is 39.8 Å². The number of amides is 2. The Labute approximate surface area is 174 Å².